The van der Waals surface area contributed by atoms with Gasteiger partial charge in [0.15, 0.2) is 11.9 Å². The summed E-state index contributed by atoms with van der Waals surface area (Å²) in [6.45, 7) is 7.12. The molecule has 0 spiro atoms. The zero-order chi connectivity index (χ0) is 25.2. The number of benzene rings is 1. The van der Waals surface area contributed by atoms with Crippen molar-refractivity contribution in [2.75, 3.05) is 33.4 Å². The zero-order valence-electron chi connectivity index (χ0n) is 19.8. The second-order valence-corrected chi connectivity index (χ2v) is 9.91. The largest absolute Gasteiger partial charge is 0.496 e. The third-order valence-corrected chi connectivity index (χ3v) is 7.58. The summed E-state index contributed by atoms with van der Waals surface area (Å²) in [6.07, 6.45) is -1.20. The Morgan fingerprint density at radius 2 is 1.79 bits per heavy atom. The second-order valence-electron chi connectivity index (χ2n) is 7.97. The number of hydrogen-bond acceptors (Lipinski definition) is 8. The molecule has 1 fully saturated rings. The van der Waals surface area contributed by atoms with Gasteiger partial charge in [0.25, 0.3) is 0 Å². The zero-order valence-corrected chi connectivity index (χ0v) is 20.6. The first kappa shape index (κ1) is 25.6. The molecule has 1 aliphatic rings. The van der Waals surface area contributed by atoms with Crippen molar-refractivity contribution in [3.05, 3.63) is 46.3 Å². The first-order valence-corrected chi connectivity index (χ1v) is 12.1. The van der Waals surface area contributed by atoms with E-state index in [2.05, 4.69) is 4.98 Å². The lowest BCUT2D eigenvalue weighted by Crippen LogP contribution is -2.40. The van der Waals surface area contributed by atoms with E-state index in [0.717, 1.165) is 0 Å². The van der Waals surface area contributed by atoms with Gasteiger partial charge in [0.05, 0.1) is 30.9 Å². The van der Waals surface area contributed by atoms with Crippen molar-refractivity contribution in [3.63, 3.8) is 0 Å². The summed E-state index contributed by atoms with van der Waals surface area (Å²) in [5.41, 5.74) is 1.51. The minimum absolute atomic E-state index is 0.0944. The van der Waals surface area contributed by atoms with Crippen LogP contribution in [0, 0.1) is 13.8 Å². The van der Waals surface area contributed by atoms with Gasteiger partial charge in [0, 0.05) is 24.3 Å². The van der Waals surface area contributed by atoms with Gasteiger partial charge in [-0.1, -0.05) is 0 Å². The standard InChI is InChI=1S/C23H28N2O8S/c1-13-20(15(3)26)14(2)24-21(13)22(27)16(4)33-23(28)18-12-17(6-7-19(18)31-5)34(29,30)25-8-10-32-11-9-25/h6-7,12,16,24H,8-11H2,1-5H3. The van der Waals surface area contributed by atoms with Gasteiger partial charge in [-0.15, -0.1) is 0 Å². The van der Waals surface area contributed by atoms with Crippen LogP contribution in [0.3, 0.4) is 0 Å². The van der Waals surface area contributed by atoms with Gasteiger partial charge in [0.1, 0.15) is 11.3 Å². The predicted octanol–water partition coefficient (Wildman–Crippen LogP) is 2.29. The molecule has 1 saturated heterocycles. The van der Waals surface area contributed by atoms with E-state index < -0.39 is 27.9 Å². The fourth-order valence-electron chi connectivity index (χ4n) is 3.95. The molecule has 0 radical (unpaired) electrons. The first-order chi connectivity index (χ1) is 16.0. The molecule has 2 aromatic rings. The Hall–Kier alpha value is -3.02. The number of ether oxygens (including phenoxy) is 3. The van der Waals surface area contributed by atoms with Crippen molar-refractivity contribution >= 4 is 27.6 Å². The van der Waals surface area contributed by atoms with Crippen molar-refractivity contribution in [1.29, 1.82) is 0 Å². The highest BCUT2D eigenvalue weighted by Gasteiger charge is 2.30. The van der Waals surface area contributed by atoms with E-state index in [1.807, 2.05) is 0 Å². The number of aromatic nitrogens is 1. The molecular formula is C23H28N2O8S. The quantitative estimate of drug-likeness (QED) is 0.439. The molecule has 184 valence electrons. The van der Waals surface area contributed by atoms with Crippen molar-refractivity contribution in [2.45, 2.75) is 38.7 Å². The van der Waals surface area contributed by atoms with Crippen LogP contribution in [-0.2, 0) is 19.5 Å². The Labute approximate surface area is 198 Å². The number of aromatic amines is 1. The molecule has 1 aliphatic heterocycles. The van der Waals surface area contributed by atoms with Crippen molar-refractivity contribution < 1.29 is 37.0 Å². The molecule has 1 unspecified atom stereocenters. The van der Waals surface area contributed by atoms with Crippen molar-refractivity contribution in [1.82, 2.24) is 9.29 Å². The molecule has 2 heterocycles. The summed E-state index contributed by atoms with van der Waals surface area (Å²) in [5.74, 6) is -1.50. The van der Waals surface area contributed by atoms with E-state index in [1.54, 1.807) is 13.8 Å². The Balaban J connectivity index is 1.86. The van der Waals surface area contributed by atoms with E-state index in [0.29, 0.717) is 16.8 Å². The molecule has 1 aromatic carbocycles. The molecule has 11 heteroatoms. The monoisotopic (exact) mass is 492 g/mol. The Kier molecular flexibility index (Phi) is 7.59. The number of carbonyl (C=O) groups is 3. The maximum Gasteiger partial charge on any atom is 0.342 e. The van der Waals surface area contributed by atoms with Gasteiger partial charge in [-0.3, -0.25) is 9.59 Å². The van der Waals surface area contributed by atoms with Gasteiger partial charge >= 0.3 is 5.97 Å². The summed E-state index contributed by atoms with van der Waals surface area (Å²) in [7, 11) is -2.52. The number of methoxy groups -OCH3 is 1. The van der Waals surface area contributed by atoms with Crippen LogP contribution in [0.5, 0.6) is 5.75 Å². The number of rotatable bonds is 8. The number of aryl methyl sites for hydroxylation is 1. The van der Waals surface area contributed by atoms with E-state index in [-0.39, 0.29) is 54.0 Å². The van der Waals surface area contributed by atoms with Gasteiger partial charge in [-0.2, -0.15) is 4.31 Å². The lowest BCUT2D eigenvalue weighted by Gasteiger charge is -2.26. The molecule has 0 saturated carbocycles. The highest BCUT2D eigenvalue weighted by molar-refractivity contribution is 7.89. The number of sulfonamides is 1. The number of hydrogen-bond donors (Lipinski definition) is 1. The molecule has 0 aliphatic carbocycles. The predicted molar refractivity (Wildman–Crippen MR) is 122 cm³/mol. The van der Waals surface area contributed by atoms with Crippen molar-refractivity contribution in [3.8, 4) is 5.75 Å². The molecule has 1 atom stereocenters. The highest BCUT2D eigenvalue weighted by atomic mass is 32.2. The van der Waals surface area contributed by atoms with Crippen LogP contribution in [0.25, 0.3) is 0 Å². The lowest BCUT2D eigenvalue weighted by atomic mass is 10.0. The van der Waals surface area contributed by atoms with Gasteiger partial charge < -0.3 is 19.2 Å². The lowest BCUT2D eigenvalue weighted by molar-refractivity contribution is 0.0313. The maximum absolute atomic E-state index is 13.0. The average molecular weight is 493 g/mol. The molecule has 10 nitrogen and oxygen atoms in total. The van der Waals surface area contributed by atoms with Crippen LogP contribution < -0.4 is 4.74 Å². The van der Waals surface area contributed by atoms with Gasteiger partial charge in [-0.25, -0.2) is 13.2 Å². The van der Waals surface area contributed by atoms with Crippen LogP contribution in [0.2, 0.25) is 0 Å². The molecular weight excluding hydrogens is 464 g/mol. The Morgan fingerprint density at radius 3 is 2.35 bits per heavy atom. The summed E-state index contributed by atoms with van der Waals surface area (Å²) in [4.78, 5) is 40.5. The molecule has 0 bridgehead atoms. The average Bonchev–Trinajstić information content (AvgIpc) is 3.12. The van der Waals surface area contributed by atoms with Crippen LogP contribution in [-0.4, -0.2) is 74.8 Å². The second kappa shape index (κ2) is 10.1. The number of esters is 1. The summed E-state index contributed by atoms with van der Waals surface area (Å²) < 4.78 is 43.1. The van der Waals surface area contributed by atoms with Gasteiger partial charge in [-0.05, 0) is 51.5 Å². The third kappa shape index (κ3) is 4.91. The van der Waals surface area contributed by atoms with E-state index in [1.165, 1.54) is 43.5 Å². The number of ketones is 2. The highest BCUT2D eigenvalue weighted by Crippen LogP contribution is 2.27. The number of carbonyl (C=O) groups excluding carboxylic acids is 3. The molecule has 0 amide bonds. The minimum atomic E-state index is -3.86. The minimum Gasteiger partial charge on any atom is -0.496 e. The number of H-pyrrole nitrogens is 1. The number of nitrogens with zero attached hydrogens (tertiary/aromatic N) is 1. The molecule has 3 rings (SSSR count). The fourth-order valence-corrected chi connectivity index (χ4v) is 5.38. The SMILES string of the molecule is COc1ccc(S(=O)(=O)N2CCOCC2)cc1C(=O)OC(C)C(=O)c1[nH]c(C)c(C(C)=O)c1C. The smallest absolute Gasteiger partial charge is 0.342 e. The molecule has 1 aromatic heterocycles. The number of morpholine rings is 1. The first-order valence-electron chi connectivity index (χ1n) is 10.7. The summed E-state index contributed by atoms with van der Waals surface area (Å²) >= 11 is 0. The molecule has 1 N–H and O–H groups in total. The summed E-state index contributed by atoms with van der Waals surface area (Å²) in [5, 5.41) is 0. The van der Waals surface area contributed by atoms with Crippen LogP contribution in [0.15, 0.2) is 23.1 Å². The maximum atomic E-state index is 13.0. The number of Topliss-reactive ketones (excluding diaryl/α,β-unsaturated/α-hetero) is 2. The Bertz CT molecular complexity index is 1230. The van der Waals surface area contributed by atoms with Crippen LogP contribution in [0.1, 0.15) is 56.3 Å². The summed E-state index contributed by atoms with van der Waals surface area (Å²) in [6, 6.07) is 3.90. The molecule has 34 heavy (non-hydrogen) atoms. The van der Waals surface area contributed by atoms with E-state index in [4.69, 9.17) is 14.2 Å². The number of nitrogens with one attached hydrogen (secondary N) is 1. The fraction of sp³-hybridized carbons (Fsp3) is 0.435. The normalized spacial score (nSPS) is 15.6. The van der Waals surface area contributed by atoms with E-state index in [9.17, 15) is 22.8 Å². The third-order valence-electron chi connectivity index (χ3n) is 5.69. The van der Waals surface area contributed by atoms with Crippen LogP contribution >= 0.6 is 0 Å². The van der Waals surface area contributed by atoms with Crippen molar-refractivity contribution in [2.24, 2.45) is 0 Å². The van der Waals surface area contributed by atoms with Crippen LogP contribution in [0.4, 0.5) is 0 Å². The topological polar surface area (TPSA) is 132 Å². The Morgan fingerprint density at radius 1 is 1.15 bits per heavy atom. The van der Waals surface area contributed by atoms with Gasteiger partial charge in [0.2, 0.25) is 15.8 Å². The van der Waals surface area contributed by atoms with E-state index >= 15 is 0 Å².